The summed E-state index contributed by atoms with van der Waals surface area (Å²) in [7, 11) is -5.45. The van der Waals surface area contributed by atoms with Crippen molar-refractivity contribution in [2.75, 3.05) is 12.4 Å². The normalized spacial score (nSPS) is 11.5. The van der Waals surface area contributed by atoms with Crippen LogP contribution in [0.15, 0.2) is 40.6 Å². The number of ether oxygens (including phenoxy) is 1. The minimum atomic E-state index is -5.45. The molecule has 158 valence electrons. The van der Waals surface area contributed by atoms with E-state index < -0.39 is 43.2 Å². The van der Waals surface area contributed by atoms with Crippen LogP contribution in [0.4, 0.5) is 17.6 Å². The van der Waals surface area contributed by atoms with Gasteiger partial charge in [-0.2, -0.15) is 8.42 Å². The predicted octanol–water partition coefficient (Wildman–Crippen LogP) is 5.47. The molecule has 2 rings (SSSR count). The monoisotopic (exact) mass is 450 g/mol. The molecule has 0 spiro atoms. The van der Waals surface area contributed by atoms with Gasteiger partial charge in [0.1, 0.15) is 5.75 Å². The third kappa shape index (κ3) is 5.97. The van der Waals surface area contributed by atoms with Gasteiger partial charge in [-0.3, -0.25) is 4.55 Å². The number of unbranched alkanes of at least 4 members (excludes halogenated alkanes) is 2. The zero-order chi connectivity index (χ0) is 21.6. The first kappa shape index (κ1) is 23.2. The first-order valence-corrected chi connectivity index (χ1v) is 10.9. The molecule has 29 heavy (non-hydrogen) atoms. The van der Waals surface area contributed by atoms with Gasteiger partial charge in [0, 0.05) is 0 Å². The molecular formula is C19H18F4O4S2. The summed E-state index contributed by atoms with van der Waals surface area (Å²) in [5, 5.41) is 0. The van der Waals surface area contributed by atoms with Crippen molar-refractivity contribution in [1.82, 2.24) is 0 Å². The second kappa shape index (κ2) is 10.1. The molecule has 2 aromatic carbocycles. The molecule has 0 saturated heterocycles. The maximum atomic E-state index is 13.9. The molecule has 2 aromatic rings. The number of benzene rings is 2. The van der Waals surface area contributed by atoms with Gasteiger partial charge in [0.25, 0.3) is 0 Å². The third-order valence-corrected chi connectivity index (χ3v) is 5.87. The first-order valence-electron chi connectivity index (χ1n) is 8.48. The largest absolute Gasteiger partial charge is 0.494 e. The molecule has 1 N–H and O–H groups in total. The summed E-state index contributed by atoms with van der Waals surface area (Å²) in [5.74, 6) is -7.17. The lowest BCUT2D eigenvalue weighted by Gasteiger charge is -2.10. The maximum absolute atomic E-state index is 13.9. The van der Waals surface area contributed by atoms with Crippen molar-refractivity contribution in [3.63, 3.8) is 0 Å². The second-order valence-electron chi connectivity index (χ2n) is 5.92. The molecule has 0 aliphatic rings. The highest BCUT2D eigenvalue weighted by atomic mass is 32.2. The summed E-state index contributed by atoms with van der Waals surface area (Å²) in [6.07, 6.45) is 3.47. The minimum Gasteiger partial charge on any atom is -0.494 e. The lowest BCUT2D eigenvalue weighted by atomic mass is 10.2. The molecule has 0 heterocycles. The number of thioether (sulfide) groups is 1. The molecular weight excluding hydrogens is 432 g/mol. The summed E-state index contributed by atoms with van der Waals surface area (Å²) in [6, 6.07) is 7.32. The Labute approximate surface area is 170 Å². The fourth-order valence-electron chi connectivity index (χ4n) is 2.39. The van der Waals surface area contributed by atoms with Crippen molar-refractivity contribution in [3.05, 3.63) is 59.7 Å². The van der Waals surface area contributed by atoms with Gasteiger partial charge < -0.3 is 4.74 Å². The van der Waals surface area contributed by atoms with Gasteiger partial charge in [-0.05, 0) is 42.7 Å². The zero-order valence-corrected chi connectivity index (χ0v) is 16.8. The van der Waals surface area contributed by atoms with Crippen LogP contribution in [0.5, 0.6) is 5.75 Å². The molecule has 0 aliphatic carbocycles. The van der Waals surface area contributed by atoms with E-state index in [0.717, 1.165) is 5.56 Å². The standard InChI is InChI=1S/C19H18F4O4S2/c1-2-12-6-8-13(9-7-12)27-10-4-3-5-11-28-18-14(20)16(22)19(29(24,25)26)17(23)15(18)21/h2,6-9H,1,3-5,10-11H2,(H,24,25,26). The van der Waals surface area contributed by atoms with Crippen LogP contribution in [0.25, 0.3) is 6.08 Å². The molecule has 0 amide bonds. The van der Waals surface area contributed by atoms with Crippen molar-refractivity contribution in [3.8, 4) is 5.75 Å². The Morgan fingerprint density at radius 3 is 2.07 bits per heavy atom. The molecule has 0 aliphatic heterocycles. The van der Waals surface area contributed by atoms with Gasteiger partial charge in [0.15, 0.2) is 28.2 Å². The van der Waals surface area contributed by atoms with Gasteiger partial charge in [-0.15, -0.1) is 11.8 Å². The van der Waals surface area contributed by atoms with Crippen molar-refractivity contribution < 1.29 is 35.3 Å². The Hall–Kier alpha value is -2.04. The second-order valence-corrected chi connectivity index (χ2v) is 8.38. The highest BCUT2D eigenvalue weighted by Crippen LogP contribution is 2.33. The molecule has 0 unspecified atom stereocenters. The third-order valence-electron chi connectivity index (χ3n) is 3.86. The van der Waals surface area contributed by atoms with E-state index in [-0.39, 0.29) is 5.75 Å². The highest BCUT2D eigenvalue weighted by molar-refractivity contribution is 7.99. The van der Waals surface area contributed by atoms with E-state index in [2.05, 4.69) is 6.58 Å². The SMILES string of the molecule is C=Cc1ccc(OCCCCCSc2c(F)c(F)c(S(=O)(=O)O)c(F)c2F)cc1. The summed E-state index contributed by atoms with van der Waals surface area (Å²) in [4.78, 5) is -3.00. The molecule has 0 saturated carbocycles. The van der Waals surface area contributed by atoms with E-state index in [1.54, 1.807) is 18.2 Å². The predicted molar refractivity (Wildman–Crippen MR) is 103 cm³/mol. The summed E-state index contributed by atoms with van der Waals surface area (Å²) in [5.41, 5.74) is 0.964. The van der Waals surface area contributed by atoms with E-state index in [1.807, 2.05) is 12.1 Å². The molecule has 0 bridgehead atoms. The van der Waals surface area contributed by atoms with E-state index >= 15 is 0 Å². The average molecular weight is 450 g/mol. The fourth-order valence-corrected chi connectivity index (χ4v) is 4.01. The van der Waals surface area contributed by atoms with Crippen LogP contribution in [0.1, 0.15) is 24.8 Å². The Bertz CT molecular complexity index is 948. The number of rotatable bonds is 10. The topological polar surface area (TPSA) is 63.6 Å². The molecule has 0 atom stereocenters. The molecule has 10 heteroatoms. The quantitative estimate of drug-likeness (QED) is 0.171. The van der Waals surface area contributed by atoms with Crippen molar-refractivity contribution in [2.24, 2.45) is 0 Å². The highest BCUT2D eigenvalue weighted by Gasteiger charge is 2.32. The van der Waals surface area contributed by atoms with Gasteiger partial charge in [0.2, 0.25) is 0 Å². The lowest BCUT2D eigenvalue weighted by molar-refractivity contribution is 0.306. The van der Waals surface area contributed by atoms with Crippen molar-refractivity contribution in [2.45, 2.75) is 29.1 Å². The Balaban J connectivity index is 1.84. The maximum Gasteiger partial charge on any atom is 0.300 e. The Morgan fingerprint density at radius 1 is 0.966 bits per heavy atom. The molecule has 0 fully saturated rings. The summed E-state index contributed by atoms with van der Waals surface area (Å²) in [6.45, 7) is 4.08. The fraction of sp³-hybridized carbons (Fsp3) is 0.263. The minimum absolute atomic E-state index is 0.145. The molecule has 4 nitrogen and oxygen atoms in total. The van der Waals surface area contributed by atoms with Gasteiger partial charge in [-0.1, -0.05) is 24.8 Å². The van der Waals surface area contributed by atoms with Gasteiger partial charge in [-0.25, -0.2) is 17.6 Å². The van der Waals surface area contributed by atoms with E-state index in [4.69, 9.17) is 9.29 Å². The Kier molecular flexibility index (Phi) is 8.12. The number of hydrogen-bond donors (Lipinski definition) is 1. The van der Waals surface area contributed by atoms with Crippen LogP contribution in [0.3, 0.4) is 0 Å². The zero-order valence-electron chi connectivity index (χ0n) is 15.1. The van der Waals surface area contributed by atoms with Gasteiger partial charge in [0.05, 0.1) is 11.5 Å². The van der Waals surface area contributed by atoms with Crippen LogP contribution in [0, 0.1) is 23.3 Å². The van der Waals surface area contributed by atoms with Crippen LogP contribution < -0.4 is 4.74 Å². The van der Waals surface area contributed by atoms with E-state index in [9.17, 15) is 26.0 Å². The lowest BCUT2D eigenvalue weighted by Crippen LogP contribution is -2.11. The van der Waals surface area contributed by atoms with Crippen LogP contribution >= 0.6 is 11.8 Å². The van der Waals surface area contributed by atoms with E-state index in [0.29, 0.717) is 43.4 Å². The van der Waals surface area contributed by atoms with E-state index in [1.165, 1.54) is 0 Å². The van der Waals surface area contributed by atoms with Crippen LogP contribution in [-0.4, -0.2) is 25.3 Å². The summed E-state index contributed by atoms with van der Waals surface area (Å²) >= 11 is 0.523. The summed E-state index contributed by atoms with van der Waals surface area (Å²) < 4.78 is 91.3. The van der Waals surface area contributed by atoms with Crippen molar-refractivity contribution in [1.29, 1.82) is 0 Å². The molecule has 0 aromatic heterocycles. The number of halogens is 4. The van der Waals surface area contributed by atoms with Crippen LogP contribution in [0.2, 0.25) is 0 Å². The smallest absolute Gasteiger partial charge is 0.300 e. The first-order chi connectivity index (χ1) is 13.7. The number of hydrogen-bond acceptors (Lipinski definition) is 4. The van der Waals surface area contributed by atoms with Crippen LogP contribution in [-0.2, 0) is 10.1 Å². The average Bonchev–Trinajstić information content (AvgIpc) is 2.67. The molecule has 0 radical (unpaired) electrons. The Morgan fingerprint density at radius 2 is 1.55 bits per heavy atom. The van der Waals surface area contributed by atoms with Crippen molar-refractivity contribution >= 4 is 28.0 Å². The van der Waals surface area contributed by atoms with Gasteiger partial charge >= 0.3 is 10.1 Å².